The molecule has 3 aliphatic carbocycles. The fourth-order valence-corrected chi connectivity index (χ4v) is 5.35. The molecule has 1 aromatic heterocycles. The van der Waals surface area contributed by atoms with Crippen molar-refractivity contribution in [3.63, 3.8) is 0 Å². The molecule has 2 fully saturated rings. The summed E-state index contributed by atoms with van der Waals surface area (Å²) >= 11 is 1.32. The average Bonchev–Trinajstić information content (AvgIpc) is 3.23. The molecule has 3 amide bonds. The number of fused-ring (bicyclic) bond motifs is 1. The Labute approximate surface area is 162 Å². The van der Waals surface area contributed by atoms with E-state index in [4.69, 9.17) is 0 Å². The number of nitrogens with zero attached hydrogens (tertiary/aromatic N) is 3. The molecule has 5 rings (SSSR count). The monoisotopic (exact) mass is 388 g/mol. The van der Waals surface area contributed by atoms with Crippen molar-refractivity contribution < 1.29 is 14.4 Å². The maximum atomic E-state index is 13.1. The minimum atomic E-state index is -0.804. The lowest BCUT2D eigenvalue weighted by molar-refractivity contribution is -0.146. The summed E-state index contributed by atoms with van der Waals surface area (Å²) in [4.78, 5) is 40.2. The molecule has 0 unspecified atom stereocenters. The van der Waals surface area contributed by atoms with Crippen molar-refractivity contribution in [3.8, 4) is 0 Å². The summed E-state index contributed by atoms with van der Waals surface area (Å²) < 4.78 is 0. The van der Waals surface area contributed by atoms with Gasteiger partial charge in [-0.3, -0.25) is 24.6 Å². The molecule has 1 aliphatic heterocycles. The summed E-state index contributed by atoms with van der Waals surface area (Å²) in [5, 5.41) is 12.1. The highest BCUT2D eigenvalue weighted by Gasteiger charge is 2.58. The lowest BCUT2D eigenvalue weighted by atomic mass is 9.63. The maximum absolute atomic E-state index is 13.1. The van der Waals surface area contributed by atoms with Crippen LogP contribution in [0.15, 0.2) is 12.2 Å². The Morgan fingerprint density at radius 3 is 2.22 bits per heavy atom. The quantitative estimate of drug-likeness (QED) is 0.618. The highest BCUT2D eigenvalue weighted by atomic mass is 32.1. The largest absolute Gasteiger partial charge is 0.299 e. The van der Waals surface area contributed by atoms with E-state index in [2.05, 4.69) is 27.7 Å². The third kappa shape index (κ3) is 2.90. The van der Waals surface area contributed by atoms with Gasteiger partial charge in [-0.05, 0) is 31.1 Å². The van der Waals surface area contributed by atoms with Gasteiger partial charge in [0.25, 0.3) is 0 Å². The summed E-state index contributed by atoms with van der Waals surface area (Å²) in [5.41, 5.74) is 0. The first-order chi connectivity index (χ1) is 12.9. The van der Waals surface area contributed by atoms with E-state index >= 15 is 0 Å². The van der Waals surface area contributed by atoms with Crippen molar-refractivity contribution in [2.45, 2.75) is 52.0 Å². The Hall–Kier alpha value is -2.09. The predicted octanol–water partition coefficient (Wildman–Crippen LogP) is 2.58. The third-order valence-electron chi connectivity index (χ3n) is 5.96. The van der Waals surface area contributed by atoms with Crippen LogP contribution in [0.4, 0.5) is 5.13 Å². The van der Waals surface area contributed by atoms with E-state index in [1.807, 2.05) is 20.8 Å². The smallest absolute Gasteiger partial charge is 0.249 e. The van der Waals surface area contributed by atoms with Crippen LogP contribution in [0.5, 0.6) is 0 Å². The second-order valence-corrected chi connectivity index (χ2v) is 8.91. The third-order valence-corrected chi connectivity index (χ3v) is 7.10. The summed E-state index contributed by atoms with van der Waals surface area (Å²) in [6.45, 7) is 5.83. The summed E-state index contributed by atoms with van der Waals surface area (Å²) in [7, 11) is 0. The molecule has 2 bridgehead atoms. The van der Waals surface area contributed by atoms with Crippen molar-refractivity contribution >= 4 is 34.2 Å². The van der Waals surface area contributed by atoms with Crippen molar-refractivity contribution in [1.29, 1.82) is 0 Å². The van der Waals surface area contributed by atoms with Gasteiger partial charge in [-0.15, -0.1) is 10.2 Å². The van der Waals surface area contributed by atoms with Crippen LogP contribution >= 0.6 is 11.3 Å². The van der Waals surface area contributed by atoms with E-state index in [9.17, 15) is 14.4 Å². The SMILES string of the molecule is CC[C@H](C(=O)Nc1nnc(C(C)C)s1)N1C(=O)[C@@H]2[C@H](C1=O)[C@H]1C=C[C@H]2CC1. The molecule has 0 spiro atoms. The van der Waals surface area contributed by atoms with Gasteiger partial charge >= 0.3 is 0 Å². The topological polar surface area (TPSA) is 92.3 Å². The van der Waals surface area contributed by atoms with E-state index in [0.29, 0.717) is 11.6 Å². The van der Waals surface area contributed by atoms with Gasteiger partial charge in [0.15, 0.2) is 0 Å². The van der Waals surface area contributed by atoms with Crippen LogP contribution < -0.4 is 5.32 Å². The number of hydrogen-bond acceptors (Lipinski definition) is 6. The first-order valence-electron chi connectivity index (χ1n) is 9.61. The van der Waals surface area contributed by atoms with Crippen LogP contribution in [0.25, 0.3) is 0 Å². The predicted molar refractivity (Wildman–Crippen MR) is 101 cm³/mol. The molecule has 2 heterocycles. The van der Waals surface area contributed by atoms with Gasteiger partial charge in [0.1, 0.15) is 11.0 Å². The van der Waals surface area contributed by atoms with Crippen LogP contribution in [0.2, 0.25) is 0 Å². The van der Waals surface area contributed by atoms with Crippen molar-refractivity contribution in [2.24, 2.45) is 23.7 Å². The Kier molecular flexibility index (Phi) is 4.61. The highest BCUT2D eigenvalue weighted by Crippen LogP contribution is 2.50. The molecule has 0 radical (unpaired) electrons. The number of nitrogens with one attached hydrogen (secondary N) is 1. The second-order valence-electron chi connectivity index (χ2n) is 7.90. The fraction of sp³-hybridized carbons (Fsp3) is 0.632. The summed E-state index contributed by atoms with van der Waals surface area (Å²) in [6.07, 6.45) is 6.43. The standard InChI is InChI=1S/C19H24N4O3S/c1-4-12(15(24)20-19-22-21-16(27-19)9(2)3)23-17(25)13-10-5-6-11(8-7-10)14(13)18(23)26/h5-6,9-14H,4,7-8H2,1-3H3,(H,20,22,24)/t10-,11-,12+,13-,14+/m0/s1. The molecule has 1 saturated heterocycles. The number of carbonyl (C=O) groups excluding carboxylic acids is 3. The van der Waals surface area contributed by atoms with Crippen LogP contribution in [-0.2, 0) is 14.4 Å². The number of rotatable bonds is 5. The Bertz CT molecular complexity index is 786. The van der Waals surface area contributed by atoms with Crippen LogP contribution in [0.1, 0.15) is 51.0 Å². The minimum Gasteiger partial charge on any atom is -0.299 e. The van der Waals surface area contributed by atoms with E-state index < -0.39 is 6.04 Å². The number of imide groups is 1. The fourth-order valence-electron chi connectivity index (χ4n) is 4.60. The minimum absolute atomic E-state index is 0.124. The number of hydrogen-bond donors (Lipinski definition) is 1. The zero-order chi connectivity index (χ0) is 19.3. The van der Waals surface area contributed by atoms with Crippen LogP contribution in [-0.4, -0.2) is 38.9 Å². The number of allylic oxidation sites excluding steroid dienone is 2. The van der Waals surface area contributed by atoms with E-state index in [-0.39, 0.29) is 47.3 Å². The van der Waals surface area contributed by atoms with Gasteiger partial charge in [0.05, 0.1) is 11.8 Å². The first kappa shape index (κ1) is 18.3. The zero-order valence-corrected chi connectivity index (χ0v) is 16.5. The molecule has 1 aromatic rings. The first-order valence-corrected chi connectivity index (χ1v) is 10.4. The molecule has 27 heavy (non-hydrogen) atoms. The van der Waals surface area contributed by atoms with Gasteiger partial charge in [-0.2, -0.15) is 0 Å². The Morgan fingerprint density at radius 1 is 1.19 bits per heavy atom. The summed E-state index contributed by atoms with van der Waals surface area (Å²) in [5.74, 6) is -0.864. The van der Waals surface area contributed by atoms with Crippen molar-refractivity contribution in [1.82, 2.24) is 15.1 Å². The normalized spacial score (nSPS) is 30.1. The Balaban J connectivity index is 1.54. The highest BCUT2D eigenvalue weighted by molar-refractivity contribution is 7.15. The molecule has 144 valence electrons. The lowest BCUT2D eigenvalue weighted by Gasteiger charge is -2.38. The van der Waals surface area contributed by atoms with Crippen molar-refractivity contribution in [2.75, 3.05) is 5.32 Å². The molecule has 8 heteroatoms. The van der Waals surface area contributed by atoms with Gasteiger partial charge in [-0.25, -0.2) is 0 Å². The second kappa shape index (κ2) is 6.82. The molecule has 4 aliphatic rings. The maximum Gasteiger partial charge on any atom is 0.249 e. The lowest BCUT2D eigenvalue weighted by Crippen LogP contribution is -2.47. The zero-order valence-electron chi connectivity index (χ0n) is 15.7. The molecular weight excluding hydrogens is 364 g/mol. The number of carbonyl (C=O) groups is 3. The number of anilines is 1. The summed E-state index contributed by atoms with van der Waals surface area (Å²) in [6, 6.07) is -0.804. The molecule has 0 aromatic carbocycles. The Morgan fingerprint density at radius 2 is 1.78 bits per heavy atom. The number of aromatic nitrogens is 2. The van der Waals surface area contributed by atoms with Crippen LogP contribution in [0.3, 0.4) is 0 Å². The molecule has 7 nitrogen and oxygen atoms in total. The van der Waals surface area contributed by atoms with Crippen LogP contribution in [0, 0.1) is 23.7 Å². The van der Waals surface area contributed by atoms with Gasteiger partial charge < -0.3 is 0 Å². The van der Waals surface area contributed by atoms with Gasteiger partial charge in [0.2, 0.25) is 22.9 Å². The van der Waals surface area contributed by atoms with Gasteiger partial charge in [0, 0.05) is 5.92 Å². The van der Waals surface area contributed by atoms with E-state index in [1.54, 1.807) is 0 Å². The molecule has 1 N–H and O–H groups in total. The number of likely N-dealkylation sites (tertiary alicyclic amines) is 1. The van der Waals surface area contributed by atoms with E-state index in [0.717, 1.165) is 17.8 Å². The van der Waals surface area contributed by atoms with Crippen molar-refractivity contribution in [3.05, 3.63) is 17.2 Å². The van der Waals surface area contributed by atoms with Gasteiger partial charge in [-0.1, -0.05) is 44.3 Å². The average molecular weight is 388 g/mol. The molecule has 1 saturated carbocycles. The molecule has 5 atom stereocenters. The molecular formula is C19H24N4O3S. The van der Waals surface area contributed by atoms with E-state index in [1.165, 1.54) is 16.2 Å². The number of amides is 3.